The standard InChI is InChI=1S/C10H11ClN4S/c1-6-2-3-16-7(6)4-13-10-8(12)9(11)14-5-15-10/h2-3,5H,4,12H2,1H3,(H,13,14,15). The van der Waals surface area contributed by atoms with Crippen LogP contribution in [0, 0.1) is 6.92 Å². The molecule has 0 atom stereocenters. The summed E-state index contributed by atoms with van der Waals surface area (Å²) in [5.74, 6) is 0.577. The van der Waals surface area contributed by atoms with Crippen LogP contribution in [0.5, 0.6) is 0 Å². The van der Waals surface area contributed by atoms with Crippen LogP contribution in [0.1, 0.15) is 10.4 Å². The molecule has 0 saturated carbocycles. The second-order valence-corrected chi connectivity index (χ2v) is 4.67. The van der Waals surface area contributed by atoms with E-state index in [9.17, 15) is 0 Å². The molecule has 0 aliphatic carbocycles. The van der Waals surface area contributed by atoms with E-state index in [1.165, 1.54) is 16.8 Å². The topological polar surface area (TPSA) is 63.8 Å². The molecule has 6 heteroatoms. The van der Waals surface area contributed by atoms with Gasteiger partial charge < -0.3 is 11.1 Å². The van der Waals surface area contributed by atoms with Crippen molar-refractivity contribution in [2.45, 2.75) is 13.5 Å². The van der Waals surface area contributed by atoms with E-state index in [1.807, 2.05) is 0 Å². The lowest BCUT2D eigenvalue weighted by Crippen LogP contribution is -2.05. The fourth-order valence-corrected chi connectivity index (χ4v) is 2.24. The molecule has 3 N–H and O–H groups in total. The van der Waals surface area contributed by atoms with Gasteiger partial charge in [-0.25, -0.2) is 9.97 Å². The fraction of sp³-hybridized carbons (Fsp3) is 0.200. The van der Waals surface area contributed by atoms with Gasteiger partial charge in [0.2, 0.25) is 0 Å². The third kappa shape index (κ3) is 2.25. The van der Waals surface area contributed by atoms with Gasteiger partial charge in [-0.15, -0.1) is 11.3 Å². The Hall–Kier alpha value is -1.33. The maximum absolute atomic E-state index is 5.79. The molecule has 2 heterocycles. The zero-order valence-electron chi connectivity index (χ0n) is 8.70. The molecule has 0 amide bonds. The summed E-state index contributed by atoms with van der Waals surface area (Å²) >= 11 is 7.49. The van der Waals surface area contributed by atoms with Crippen LogP contribution in [0.25, 0.3) is 0 Å². The number of hydrogen-bond acceptors (Lipinski definition) is 5. The van der Waals surface area contributed by atoms with Crippen LogP contribution in [0.15, 0.2) is 17.8 Å². The predicted molar refractivity (Wildman–Crippen MR) is 67.8 cm³/mol. The molecule has 0 saturated heterocycles. The van der Waals surface area contributed by atoms with E-state index in [-0.39, 0.29) is 5.15 Å². The van der Waals surface area contributed by atoms with E-state index in [4.69, 9.17) is 17.3 Å². The molecule has 2 aromatic rings. The first kappa shape index (κ1) is 11.2. The molecule has 2 rings (SSSR count). The summed E-state index contributed by atoms with van der Waals surface area (Å²) in [5, 5.41) is 5.48. The molecule has 0 unspecified atom stereocenters. The van der Waals surface area contributed by atoms with Crippen molar-refractivity contribution in [2.24, 2.45) is 0 Å². The van der Waals surface area contributed by atoms with Crippen molar-refractivity contribution in [1.82, 2.24) is 9.97 Å². The maximum atomic E-state index is 5.79. The minimum Gasteiger partial charge on any atom is -0.393 e. The summed E-state index contributed by atoms with van der Waals surface area (Å²) in [6.07, 6.45) is 1.39. The van der Waals surface area contributed by atoms with Crippen molar-refractivity contribution >= 4 is 34.4 Å². The van der Waals surface area contributed by atoms with Gasteiger partial charge in [0.25, 0.3) is 0 Å². The number of aromatic nitrogens is 2. The highest BCUT2D eigenvalue weighted by molar-refractivity contribution is 7.10. The summed E-state index contributed by atoms with van der Waals surface area (Å²) < 4.78 is 0. The largest absolute Gasteiger partial charge is 0.393 e. The zero-order chi connectivity index (χ0) is 11.5. The van der Waals surface area contributed by atoms with E-state index in [0.717, 1.165) is 0 Å². The van der Waals surface area contributed by atoms with Crippen LogP contribution in [0.3, 0.4) is 0 Å². The highest BCUT2D eigenvalue weighted by Crippen LogP contribution is 2.23. The second kappa shape index (κ2) is 4.67. The minimum atomic E-state index is 0.278. The summed E-state index contributed by atoms with van der Waals surface area (Å²) in [6, 6.07) is 2.08. The Balaban J connectivity index is 2.11. The lowest BCUT2D eigenvalue weighted by atomic mass is 10.3. The minimum absolute atomic E-state index is 0.278. The number of halogens is 1. The molecular weight excluding hydrogens is 244 g/mol. The van der Waals surface area contributed by atoms with Gasteiger partial charge in [0, 0.05) is 4.88 Å². The quantitative estimate of drug-likeness (QED) is 0.827. The Morgan fingerprint density at radius 1 is 1.50 bits per heavy atom. The molecule has 0 radical (unpaired) electrons. The van der Waals surface area contributed by atoms with Gasteiger partial charge in [-0.05, 0) is 23.9 Å². The van der Waals surface area contributed by atoms with Crippen LogP contribution in [0.4, 0.5) is 11.5 Å². The molecule has 0 fully saturated rings. The molecule has 0 aromatic carbocycles. The van der Waals surface area contributed by atoms with Crippen LogP contribution >= 0.6 is 22.9 Å². The lowest BCUT2D eigenvalue weighted by Gasteiger charge is -2.07. The number of anilines is 2. The summed E-state index contributed by atoms with van der Waals surface area (Å²) in [7, 11) is 0. The lowest BCUT2D eigenvalue weighted by molar-refractivity contribution is 1.09. The molecule has 0 aliphatic heterocycles. The SMILES string of the molecule is Cc1ccsc1CNc1ncnc(Cl)c1N. The number of hydrogen-bond donors (Lipinski definition) is 2. The van der Waals surface area contributed by atoms with Crippen LogP contribution in [-0.2, 0) is 6.54 Å². The average molecular weight is 255 g/mol. The Labute approximate surface area is 102 Å². The van der Waals surface area contributed by atoms with Gasteiger partial charge in [0.15, 0.2) is 11.0 Å². The van der Waals surface area contributed by atoms with Crippen molar-refractivity contribution in [3.05, 3.63) is 33.4 Å². The van der Waals surface area contributed by atoms with Crippen molar-refractivity contribution in [1.29, 1.82) is 0 Å². The first-order valence-electron chi connectivity index (χ1n) is 4.71. The second-order valence-electron chi connectivity index (χ2n) is 3.31. The number of nitrogens with zero attached hydrogens (tertiary/aromatic N) is 2. The summed E-state index contributed by atoms with van der Waals surface area (Å²) in [5.41, 5.74) is 7.39. The number of nitrogens with one attached hydrogen (secondary N) is 1. The van der Waals surface area contributed by atoms with Gasteiger partial charge in [-0.2, -0.15) is 0 Å². The molecule has 0 bridgehead atoms. The van der Waals surface area contributed by atoms with E-state index < -0.39 is 0 Å². The van der Waals surface area contributed by atoms with Crippen LogP contribution < -0.4 is 11.1 Å². The van der Waals surface area contributed by atoms with E-state index >= 15 is 0 Å². The zero-order valence-corrected chi connectivity index (χ0v) is 10.3. The Morgan fingerprint density at radius 3 is 3.00 bits per heavy atom. The number of nitrogen functional groups attached to an aromatic ring is 1. The molecule has 16 heavy (non-hydrogen) atoms. The molecule has 2 aromatic heterocycles. The number of aryl methyl sites for hydroxylation is 1. The molecule has 0 spiro atoms. The molecule has 4 nitrogen and oxygen atoms in total. The Morgan fingerprint density at radius 2 is 2.31 bits per heavy atom. The van der Waals surface area contributed by atoms with Gasteiger partial charge in [-0.3, -0.25) is 0 Å². The average Bonchev–Trinajstić information content (AvgIpc) is 2.67. The van der Waals surface area contributed by atoms with Gasteiger partial charge in [0.1, 0.15) is 12.0 Å². The van der Waals surface area contributed by atoms with Crippen LogP contribution in [0.2, 0.25) is 5.15 Å². The molecule has 84 valence electrons. The van der Waals surface area contributed by atoms with Crippen molar-refractivity contribution in [3.8, 4) is 0 Å². The monoisotopic (exact) mass is 254 g/mol. The smallest absolute Gasteiger partial charge is 0.157 e. The van der Waals surface area contributed by atoms with Gasteiger partial charge in [0.05, 0.1) is 6.54 Å². The van der Waals surface area contributed by atoms with Crippen molar-refractivity contribution in [3.63, 3.8) is 0 Å². The summed E-state index contributed by atoms with van der Waals surface area (Å²) in [4.78, 5) is 9.09. The third-order valence-electron chi connectivity index (χ3n) is 2.22. The fourth-order valence-electron chi connectivity index (χ4n) is 1.26. The van der Waals surface area contributed by atoms with E-state index in [2.05, 4.69) is 33.7 Å². The maximum Gasteiger partial charge on any atom is 0.157 e. The normalized spacial score (nSPS) is 10.4. The van der Waals surface area contributed by atoms with E-state index in [0.29, 0.717) is 18.1 Å². The third-order valence-corrected chi connectivity index (χ3v) is 3.54. The van der Waals surface area contributed by atoms with Crippen molar-refractivity contribution in [2.75, 3.05) is 11.1 Å². The molecule has 0 aliphatic rings. The summed E-state index contributed by atoms with van der Waals surface area (Å²) in [6.45, 7) is 2.77. The number of thiophene rings is 1. The molecular formula is C10H11ClN4S. The first-order valence-corrected chi connectivity index (χ1v) is 5.97. The number of rotatable bonds is 3. The highest BCUT2D eigenvalue weighted by Gasteiger charge is 2.06. The first-order chi connectivity index (χ1) is 7.68. The van der Waals surface area contributed by atoms with E-state index in [1.54, 1.807) is 11.3 Å². The Bertz CT molecular complexity index is 497. The van der Waals surface area contributed by atoms with Crippen molar-refractivity contribution < 1.29 is 0 Å². The number of nitrogens with two attached hydrogens (primary N) is 1. The highest BCUT2D eigenvalue weighted by atomic mass is 35.5. The predicted octanol–water partition coefficient (Wildman–Crippen LogP) is 2.69. The Kier molecular flexibility index (Phi) is 3.26. The van der Waals surface area contributed by atoms with Gasteiger partial charge in [-0.1, -0.05) is 11.6 Å². The van der Waals surface area contributed by atoms with Crippen LogP contribution in [-0.4, -0.2) is 9.97 Å². The van der Waals surface area contributed by atoms with Gasteiger partial charge >= 0.3 is 0 Å².